The third-order valence-corrected chi connectivity index (χ3v) is 4.09. The molecule has 0 aliphatic heterocycles. The van der Waals surface area contributed by atoms with E-state index < -0.39 is 17.9 Å². The van der Waals surface area contributed by atoms with Gasteiger partial charge in [0.15, 0.2) is 0 Å². The van der Waals surface area contributed by atoms with Crippen molar-refractivity contribution in [1.82, 2.24) is 9.88 Å². The van der Waals surface area contributed by atoms with Gasteiger partial charge in [0.1, 0.15) is 11.4 Å². The van der Waals surface area contributed by atoms with Crippen molar-refractivity contribution in [2.75, 3.05) is 18.9 Å². The summed E-state index contributed by atoms with van der Waals surface area (Å²) in [6.45, 7) is 5.58. The second-order valence-electron chi connectivity index (χ2n) is 6.21. The number of rotatable bonds is 6. The molecule has 1 heterocycles. The summed E-state index contributed by atoms with van der Waals surface area (Å²) in [7, 11) is 1.54. The summed E-state index contributed by atoms with van der Waals surface area (Å²) in [5.41, 5.74) is 2.49. The number of carbonyl (C=O) groups is 2. The zero-order valence-electron chi connectivity index (χ0n) is 15.3. The van der Waals surface area contributed by atoms with Crippen LogP contribution in [0, 0.1) is 19.8 Å². The summed E-state index contributed by atoms with van der Waals surface area (Å²) in [5, 5.41) is 11.7. The third-order valence-electron chi connectivity index (χ3n) is 4.09. The Morgan fingerprint density at radius 1 is 1.27 bits per heavy atom. The molecule has 1 unspecified atom stereocenters. The number of nitrogens with one attached hydrogen (secondary N) is 1. The molecule has 26 heavy (non-hydrogen) atoms. The summed E-state index contributed by atoms with van der Waals surface area (Å²) in [5.74, 6) is -0.684. The average Bonchev–Trinajstić information content (AvgIpc) is 2.60. The van der Waals surface area contributed by atoms with E-state index in [9.17, 15) is 9.59 Å². The number of carboxylic acid groups (broad SMARTS) is 1. The number of pyridine rings is 1. The van der Waals surface area contributed by atoms with Gasteiger partial charge in [0, 0.05) is 19.8 Å². The summed E-state index contributed by atoms with van der Waals surface area (Å²) >= 11 is 0. The minimum absolute atomic E-state index is 0.0919. The maximum absolute atomic E-state index is 12.3. The number of carboxylic acids is 1. The summed E-state index contributed by atoms with van der Waals surface area (Å²) in [6.07, 6.45) is 1.58. The van der Waals surface area contributed by atoms with Crippen LogP contribution in [-0.2, 0) is 4.79 Å². The van der Waals surface area contributed by atoms with Gasteiger partial charge in [-0.2, -0.15) is 0 Å². The molecule has 7 heteroatoms. The van der Waals surface area contributed by atoms with Gasteiger partial charge in [-0.1, -0.05) is 19.1 Å². The van der Waals surface area contributed by atoms with Crippen molar-refractivity contribution in [2.45, 2.75) is 20.8 Å². The fourth-order valence-corrected chi connectivity index (χ4v) is 2.29. The van der Waals surface area contributed by atoms with Crippen molar-refractivity contribution in [3.05, 3.63) is 47.7 Å². The minimum atomic E-state index is -0.954. The van der Waals surface area contributed by atoms with Gasteiger partial charge in [0.25, 0.3) is 0 Å². The van der Waals surface area contributed by atoms with Crippen LogP contribution in [0.25, 0.3) is 0 Å². The van der Waals surface area contributed by atoms with Crippen molar-refractivity contribution in [3.63, 3.8) is 0 Å². The molecule has 1 atom stereocenters. The van der Waals surface area contributed by atoms with E-state index in [1.807, 2.05) is 32.0 Å². The van der Waals surface area contributed by atoms with Crippen LogP contribution in [0.4, 0.5) is 10.5 Å². The molecular formula is C19H23N3O4. The highest BCUT2D eigenvalue weighted by atomic mass is 16.5. The second kappa shape index (κ2) is 8.33. The van der Waals surface area contributed by atoms with Crippen molar-refractivity contribution in [2.24, 2.45) is 5.92 Å². The lowest BCUT2D eigenvalue weighted by Gasteiger charge is -2.20. The largest absolute Gasteiger partial charge is 0.481 e. The first-order valence-corrected chi connectivity index (χ1v) is 8.23. The Bertz CT molecular complexity index is 807. The molecule has 0 saturated heterocycles. The van der Waals surface area contributed by atoms with Crippen molar-refractivity contribution < 1.29 is 19.4 Å². The van der Waals surface area contributed by atoms with E-state index in [4.69, 9.17) is 9.84 Å². The first kappa shape index (κ1) is 19.2. The highest BCUT2D eigenvalue weighted by Crippen LogP contribution is 2.30. The monoisotopic (exact) mass is 357 g/mol. The summed E-state index contributed by atoms with van der Waals surface area (Å²) in [4.78, 5) is 28.8. The number of nitrogens with zero attached hydrogens (tertiary/aromatic N) is 2. The molecule has 0 saturated carbocycles. The number of aryl methyl sites for hydroxylation is 1. The molecule has 0 bridgehead atoms. The van der Waals surface area contributed by atoms with E-state index in [1.54, 1.807) is 25.3 Å². The van der Waals surface area contributed by atoms with Crippen LogP contribution >= 0.6 is 0 Å². The van der Waals surface area contributed by atoms with E-state index >= 15 is 0 Å². The lowest BCUT2D eigenvalue weighted by molar-refractivity contribution is -0.141. The van der Waals surface area contributed by atoms with Crippen LogP contribution < -0.4 is 10.1 Å². The van der Waals surface area contributed by atoms with Crippen LogP contribution in [0.1, 0.15) is 18.1 Å². The molecule has 138 valence electrons. The molecular weight excluding hydrogens is 334 g/mol. The Kier molecular flexibility index (Phi) is 6.16. The number of anilines is 1. The molecule has 0 radical (unpaired) electrons. The van der Waals surface area contributed by atoms with Crippen LogP contribution in [0.5, 0.6) is 11.6 Å². The quantitative estimate of drug-likeness (QED) is 0.823. The maximum Gasteiger partial charge on any atom is 0.321 e. The molecule has 7 nitrogen and oxygen atoms in total. The van der Waals surface area contributed by atoms with Gasteiger partial charge in [-0.3, -0.25) is 4.79 Å². The van der Waals surface area contributed by atoms with E-state index in [0.29, 0.717) is 11.4 Å². The Morgan fingerprint density at radius 3 is 2.69 bits per heavy atom. The average molecular weight is 357 g/mol. The summed E-state index contributed by atoms with van der Waals surface area (Å²) < 4.78 is 5.88. The minimum Gasteiger partial charge on any atom is -0.481 e. The van der Waals surface area contributed by atoms with Crippen molar-refractivity contribution >= 4 is 17.7 Å². The number of urea groups is 1. The van der Waals surface area contributed by atoms with Crippen molar-refractivity contribution in [1.29, 1.82) is 0 Å². The van der Waals surface area contributed by atoms with E-state index in [0.717, 1.165) is 11.1 Å². The van der Waals surface area contributed by atoms with Crippen LogP contribution in [-0.4, -0.2) is 40.6 Å². The molecule has 1 aromatic carbocycles. The number of aromatic nitrogens is 1. The lowest BCUT2D eigenvalue weighted by atomic mass is 10.1. The maximum atomic E-state index is 12.3. The Labute approximate surface area is 152 Å². The molecule has 2 aromatic rings. The van der Waals surface area contributed by atoms with E-state index in [1.165, 1.54) is 11.9 Å². The zero-order valence-corrected chi connectivity index (χ0v) is 15.3. The van der Waals surface area contributed by atoms with E-state index in [-0.39, 0.29) is 12.4 Å². The highest BCUT2D eigenvalue weighted by molar-refractivity contribution is 5.90. The predicted molar refractivity (Wildman–Crippen MR) is 98.7 cm³/mol. The number of carbonyl (C=O) groups excluding carboxylic acids is 1. The molecule has 0 fully saturated rings. The van der Waals surface area contributed by atoms with Gasteiger partial charge in [0.05, 0.1) is 5.92 Å². The standard InChI is InChI=1S/C19H23N3O4/c1-12-7-5-9-16(14(12)3)26-17-15(8-6-10-20-17)21-19(25)22(4)11-13(2)18(23)24/h5-10,13H,11H2,1-4H3,(H,21,25)(H,23,24). The topological polar surface area (TPSA) is 91.8 Å². The van der Waals surface area contributed by atoms with Gasteiger partial charge in [-0.15, -0.1) is 0 Å². The molecule has 2 N–H and O–H groups in total. The van der Waals surface area contributed by atoms with Gasteiger partial charge in [-0.25, -0.2) is 9.78 Å². The van der Waals surface area contributed by atoms with E-state index in [2.05, 4.69) is 10.3 Å². The number of benzene rings is 1. The van der Waals surface area contributed by atoms with Crippen LogP contribution in [0.3, 0.4) is 0 Å². The molecule has 2 amide bonds. The number of aliphatic carboxylic acids is 1. The SMILES string of the molecule is Cc1cccc(Oc2ncccc2NC(=O)N(C)CC(C)C(=O)O)c1C. The number of ether oxygens (including phenoxy) is 1. The first-order valence-electron chi connectivity index (χ1n) is 8.23. The first-order chi connectivity index (χ1) is 12.3. The van der Waals surface area contributed by atoms with Crippen LogP contribution in [0.2, 0.25) is 0 Å². The highest BCUT2D eigenvalue weighted by Gasteiger charge is 2.19. The lowest BCUT2D eigenvalue weighted by Crippen LogP contribution is -2.36. The number of hydrogen-bond acceptors (Lipinski definition) is 4. The zero-order chi connectivity index (χ0) is 19.3. The smallest absolute Gasteiger partial charge is 0.321 e. The normalized spacial score (nSPS) is 11.5. The van der Waals surface area contributed by atoms with Gasteiger partial charge >= 0.3 is 12.0 Å². The molecule has 0 spiro atoms. The number of amides is 2. The van der Waals surface area contributed by atoms with Gasteiger partial charge in [0.2, 0.25) is 5.88 Å². The van der Waals surface area contributed by atoms with Crippen molar-refractivity contribution in [3.8, 4) is 11.6 Å². The second-order valence-corrected chi connectivity index (χ2v) is 6.21. The third kappa shape index (κ3) is 4.72. The molecule has 0 aliphatic rings. The number of hydrogen-bond donors (Lipinski definition) is 2. The van der Waals surface area contributed by atoms with Gasteiger partial charge < -0.3 is 20.1 Å². The Hall–Kier alpha value is -3.09. The van der Waals surface area contributed by atoms with Gasteiger partial charge in [-0.05, 0) is 43.2 Å². The fourth-order valence-electron chi connectivity index (χ4n) is 2.29. The molecule has 1 aromatic heterocycles. The Balaban J connectivity index is 2.15. The Morgan fingerprint density at radius 2 is 2.00 bits per heavy atom. The predicted octanol–water partition coefficient (Wildman–Crippen LogP) is 3.68. The van der Waals surface area contributed by atoms with Crippen LogP contribution in [0.15, 0.2) is 36.5 Å². The summed E-state index contributed by atoms with van der Waals surface area (Å²) in [6, 6.07) is 8.65. The molecule has 0 aliphatic carbocycles. The molecule has 2 rings (SSSR count). The fraction of sp³-hybridized carbons (Fsp3) is 0.316.